The first kappa shape index (κ1) is 18.5. The Bertz CT molecular complexity index is 800. The molecule has 2 rings (SSSR count). The van der Waals surface area contributed by atoms with Crippen molar-refractivity contribution in [1.82, 2.24) is 0 Å². The molecule has 25 heavy (non-hydrogen) atoms. The minimum atomic E-state index is -4.50. The van der Waals surface area contributed by atoms with Gasteiger partial charge in [0.1, 0.15) is 0 Å². The van der Waals surface area contributed by atoms with Crippen molar-refractivity contribution in [1.29, 1.82) is 0 Å². The third-order valence-corrected chi connectivity index (χ3v) is 3.55. The molecule has 0 aliphatic heterocycles. The van der Waals surface area contributed by atoms with Gasteiger partial charge in [0, 0.05) is 5.69 Å². The van der Waals surface area contributed by atoms with Gasteiger partial charge in [-0.15, -0.1) is 0 Å². The summed E-state index contributed by atoms with van der Waals surface area (Å²) in [6, 6.07) is 9.18. The van der Waals surface area contributed by atoms with Crippen LogP contribution >= 0.6 is 0 Å². The first-order valence-electron chi connectivity index (χ1n) is 7.38. The van der Waals surface area contributed by atoms with Gasteiger partial charge < -0.3 is 10.1 Å². The Morgan fingerprint density at radius 2 is 1.76 bits per heavy atom. The lowest BCUT2D eigenvalue weighted by Gasteiger charge is -2.10. The normalized spacial score (nSPS) is 11.1. The summed E-state index contributed by atoms with van der Waals surface area (Å²) < 4.78 is 42.8. The van der Waals surface area contributed by atoms with Crippen molar-refractivity contribution in [2.75, 3.05) is 11.9 Å². The first-order chi connectivity index (χ1) is 11.7. The molecule has 4 nitrogen and oxygen atoms in total. The summed E-state index contributed by atoms with van der Waals surface area (Å²) in [6.45, 7) is 3.14. The van der Waals surface area contributed by atoms with Gasteiger partial charge in [0.15, 0.2) is 6.61 Å². The predicted molar refractivity (Wildman–Crippen MR) is 86.3 cm³/mol. The molecule has 0 aliphatic carbocycles. The number of aryl methyl sites for hydroxylation is 2. The zero-order chi connectivity index (χ0) is 18.6. The Labute approximate surface area is 142 Å². The molecule has 0 aliphatic rings. The van der Waals surface area contributed by atoms with Crippen LogP contribution in [-0.2, 0) is 15.7 Å². The van der Waals surface area contributed by atoms with Crippen molar-refractivity contribution in [2.45, 2.75) is 20.0 Å². The molecule has 0 spiro atoms. The monoisotopic (exact) mass is 351 g/mol. The van der Waals surface area contributed by atoms with Crippen LogP contribution in [0.3, 0.4) is 0 Å². The Morgan fingerprint density at radius 1 is 1.04 bits per heavy atom. The van der Waals surface area contributed by atoms with Crippen molar-refractivity contribution < 1.29 is 27.5 Å². The number of benzene rings is 2. The molecule has 1 amide bonds. The number of hydrogen-bond acceptors (Lipinski definition) is 3. The number of alkyl halides is 3. The van der Waals surface area contributed by atoms with E-state index in [1.165, 1.54) is 12.1 Å². The standard InChI is InChI=1S/C18H16F3NO3/c1-11-6-7-13(8-12(11)2)17(24)25-10-16(23)22-15-5-3-4-14(9-15)18(19,20)21/h3-9H,10H2,1-2H3,(H,22,23). The second-order valence-electron chi connectivity index (χ2n) is 5.50. The number of carbonyl (C=O) groups excluding carboxylic acids is 2. The number of ether oxygens (including phenoxy) is 1. The summed E-state index contributed by atoms with van der Waals surface area (Å²) in [7, 11) is 0. The van der Waals surface area contributed by atoms with Crippen LogP contribution in [0.15, 0.2) is 42.5 Å². The quantitative estimate of drug-likeness (QED) is 0.843. The number of rotatable bonds is 4. The molecular weight excluding hydrogens is 335 g/mol. The van der Waals surface area contributed by atoms with Crippen molar-refractivity contribution in [3.05, 3.63) is 64.7 Å². The van der Waals surface area contributed by atoms with E-state index in [2.05, 4.69) is 5.32 Å². The van der Waals surface area contributed by atoms with E-state index in [1.807, 2.05) is 13.8 Å². The smallest absolute Gasteiger partial charge is 0.416 e. The van der Waals surface area contributed by atoms with E-state index in [9.17, 15) is 22.8 Å². The molecular formula is C18H16F3NO3. The van der Waals surface area contributed by atoms with Crippen molar-refractivity contribution in [3.8, 4) is 0 Å². The number of esters is 1. The molecule has 0 aromatic heterocycles. The summed E-state index contributed by atoms with van der Waals surface area (Å²) in [5.74, 6) is -1.40. The van der Waals surface area contributed by atoms with E-state index in [4.69, 9.17) is 4.74 Å². The van der Waals surface area contributed by atoms with E-state index in [0.29, 0.717) is 5.56 Å². The summed E-state index contributed by atoms with van der Waals surface area (Å²) in [5.41, 5.74) is 1.32. The number of halogens is 3. The van der Waals surface area contributed by atoms with Crippen molar-refractivity contribution >= 4 is 17.6 Å². The van der Waals surface area contributed by atoms with Crippen molar-refractivity contribution in [2.24, 2.45) is 0 Å². The average molecular weight is 351 g/mol. The minimum absolute atomic E-state index is 0.0259. The van der Waals surface area contributed by atoms with E-state index >= 15 is 0 Å². The van der Waals surface area contributed by atoms with E-state index < -0.39 is 30.2 Å². The van der Waals surface area contributed by atoms with Crippen LogP contribution in [0.25, 0.3) is 0 Å². The second kappa shape index (κ2) is 7.38. The predicted octanol–water partition coefficient (Wildman–Crippen LogP) is 4.12. The topological polar surface area (TPSA) is 55.4 Å². The number of hydrogen-bond donors (Lipinski definition) is 1. The highest BCUT2D eigenvalue weighted by Gasteiger charge is 2.30. The van der Waals surface area contributed by atoms with Crippen LogP contribution < -0.4 is 5.32 Å². The lowest BCUT2D eigenvalue weighted by atomic mass is 10.1. The Morgan fingerprint density at radius 3 is 2.40 bits per heavy atom. The highest BCUT2D eigenvalue weighted by Crippen LogP contribution is 2.30. The number of nitrogens with one attached hydrogen (secondary N) is 1. The summed E-state index contributed by atoms with van der Waals surface area (Å²) in [6.07, 6.45) is -4.50. The molecule has 0 heterocycles. The van der Waals surface area contributed by atoms with Crippen LogP contribution in [0.4, 0.5) is 18.9 Å². The second-order valence-corrected chi connectivity index (χ2v) is 5.50. The molecule has 0 fully saturated rings. The van der Waals surface area contributed by atoms with Gasteiger partial charge in [0.2, 0.25) is 0 Å². The number of amides is 1. The van der Waals surface area contributed by atoms with Crippen LogP contribution in [0.1, 0.15) is 27.0 Å². The Hall–Kier alpha value is -2.83. The SMILES string of the molecule is Cc1ccc(C(=O)OCC(=O)Nc2cccc(C(F)(F)F)c2)cc1C. The van der Waals surface area contributed by atoms with Crippen LogP contribution in [0.2, 0.25) is 0 Å². The first-order valence-corrected chi connectivity index (χ1v) is 7.38. The third kappa shape index (κ3) is 5.07. The van der Waals surface area contributed by atoms with Crippen LogP contribution in [0.5, 0.6) is 0 Å². The van der Waals surface area contributed by atoms with E-state index in [0.717, 1.165) is 23.3 Å². The minimum Gasteiger partial charge on any atom is -0.452 e. The molecule has 0 radical (unpaired) electrons. The summed E-state index contributed by atoms with van der Waals surface area (Å²) in [5, 5.41) is 2.27. The highest BCUT2D eigenvalue weighted by molar-refractivity contribution is 5.95. The van der Waals surface area contributed by atoms with Gasteiger partial charge in [-0.2, -0.15) is 13.2 Å². The fourth-order valence-electron chi connectivity index (χ4n) is 2.05. The summed E-state index contributed by atoms with van der Waals surface area (Å²) >= 11 is 0. The molecule has 132 valence electrons. The van der Waals surface area contributed by atoms with Crippen LogP contribution in [0, 0.1) is 13.8 Å². The lowest BCUT2D eigenvalue weighted by Crippen LogP contribution is -2.21. The molecule has 0 saturated heterocycles. The van der Waals surface area contributed by atoms with E-state index in [-0.39, 0.29) is 5.69 Å². The van der Waals surface area contributed by atoms with Gasteiger partial charge in [-0.05, 0) is 55.3 Å². The molecule has 0 atom stereocenters. The van der Waals surface area contributed by atoms with Gasteiger partial charge in [-0.25, -0.2) is 4.79 Å². The fraction of sp³-hybridized carbons (Fsp3) is 0.222. The van der Waals surface area contributed by atoms with Gasteiger partial charge in [0.05, 0.1) is 11.1 Å². The number of carbonyl (C=O) groups is 2. The lowest BCUT2D eigenvalue weighted by molar-refractivity contribution is -0.137. The largest absolute Gasteiger partial charge is 0.452 e. The molecule has 0 bridgehead atoms. The molecule has 0 unspecified atom stereocenters. The molecule has 2 aromatic carbocycles. The van der Waals surface area contributed by atoms with Gasteiger partial charge in [-0.1, -0.05) is 12.1 Å². The summed E-state index contributed by atoms with van der Waals surface area (Å²) in [4.78, 5) is 23.7. The Kier molecular flexibility index (Phi) is 5.46. The molecule has 1 N–H and O–H groups in total. The van der Waals surface area contributed by atoms with Crippen LogP contribution in [-0.4, -0.2) is 18.5 Å². The zero-order valence-electron chi connectivity index (χ0n) is 13.6. The van der Waals surface area contributed by atoms with Crippen molar-refractivity contribution in [3.63, 3.8) is 0 Å². The number of anilines is 1. The van der Waals surface area contributed by atoms with Gasteiger partial charge >= 0.3 is 12.1 Å². The maximum Gasteiger partial charge on any atom is 0.416 e. The Balaban J connectivity index is 1.94. The third-order valence-electron chi connectivity index (χ3n) is 3.55. The maximum atomic E-state index is 12.6. The maximum absolute atomic E-state index is 12.6. The highest BCUT2D eigenvalue weighted by atomic mass is 19.4. The zero-order valence-corrected chi connectivity index (χ0v) is 13.6. The average Bonchev–Trinajstić information content (AvgIpc) is 2.54. The van der Waals surface area contributed by atoms with Gasteiger partial charge in [-0.3, -0.25) is 4.79 Å². The molecule has 7 heteroatoms. The molecule has 0 saturated carbocycles. The molecule has 2 aromatic rings. The fourth-order valence-corrected chi connectivity index (χ4v) is 2.05. The van der Waals surface area contributed by atoms with E-state index in [1.54, 1.807) is 18.2 Å². The van der Waals surface area contributed by atoms with Gasteiger partial charge in [0.25, 0.3) is 5.91 Å².